The molecule has 3 aromatic rings. The van der Waals surface area contributed by atoms with E-state index in [2.05, 4.69) is 30.1 Å². The Morgan fingerprint density at radius 3 is 2.76 bits per heavy atom. The average molecular weight is 492 g/mol. The highest BCUT2D eigenvalue weighted by molar-refractivity contribution is 7.99. The number of hydrogen-bond donors (Lipinski definition) is 1. The summed E-state index contributed by atoms with van der Waals surface area (Å²) >= 11 is 7.29. The Morgan fingerprint density at radius 1 is 1.21 bits per heavy atom. The number of nitrogens with one attached hydrogen (secondary N) is 1. The van der Waals surface area contributed by atoms with Crippen LogP contribution in [-0.2, 0) is 23.2 Å². The maximum atomic E-state index is 13.9. The van der Waals surface area contributed by atoms with Crippen LogP contribution in [0.1, 0.15) is 36.8 Å². The lowest BCUT2D eigenvalue weighted by Gasteiger charge is -2.36. The lowest BCUT2D eigenvalue weighted by Crippen LogP contribution is -2.40. The van der Waals surface area contributed by atoms with E-state index in [-0.39, 0.29) is 22.6 Å². The van der Waals surface area contributed by atoms with Crippen LogP contribution in [0.5, 0.6) is 0 Å². The van der Waals surface area contributed by atoms with E-state index in [4.69, 9.17) is 16.6 Å². The number of allylic oxidation sites excluding steroid dienone is 1. The second-order valence-corrected chi connectivity index (χ2v) is 10.4. The molecule has 2 aromatic carbocycles. The largest absolute Gasteiger partial charge is 0.325 e. The van der Waals surface area contributed by atoms with Crippen molar-refractivity contribution in [3.8, 4) is 11.3 Å². The van der Waals surface area contributed by atoms with Crippen molar-refractivity contribution in [2.24, 2.45) is 0 Å². The number of carbonyl (C=O) groups is 1. The zero-order valence-electron chi connectivity index (χ0n) is 18.9. The lowest BCUT2D eigenvalue weighted by atomic mass is 9.68. The van der Waals surface area contributed by atoms with Crippen molar-refractivity contribution in [3.63, 3.8) is 0 Å². The molecule has 1 spiro atoms. The Kier molecular flexibility index (Phi) is 6.36. The van der Waals surface area contributed by atoms with Gasteiger partial charge >= 0.3 is 0 Å². The molecular weight excluding hydrogens is 466 g/mol. The van der Waals surface area contributed by atoms with Gasteiger partial charge in [-0.3, -0.25) is 14.2 Å². The summed E-state index contributed by atoms with van der Waals surface area (Å²) in [6, 6.07) is 15.3. The molecule has 1 saturated carbocycles. The topological polar surface area (TPSA) is 64.0 Å². The van der Waals surface area contributed by atoms with E-state index >= 15 is 0 Å². The van der Waals surface area contributed by atoms with Crippen molar-refractivity contribution in [2.45, 2.75) is 49.2 Å². The van der Waals surface area contributed by atoms with Gasteiger partial charge in [0.15, 0.2) is 5.16 Å². The van der Waals surface area contributed by atoms with Crippen LogP contribution in [0.4, 0.5) is 5.69 Å². The third-order valence-corrected chi connectivity index (χ3v) is 7.99. The third-order valence-electron chi connectivity index (χ3n) is 6.78. The summed E-state index contributed by atoms with van der Waals surface area (Å²) in [5, 5.41) is 3.95. The molecule has 0 saturated heterocycles. The monoisotopic (exact) mass is 491 g/mol. The number of carbonyl (C=O) groups excluding carboxylic acids is 1. The van der Waals surface area contributed by atoms with Crippen molar-refractivity contribution >= 4 is 35.0 Å². The van der Waals surface area contributed by atoms with E-state index in [1.807, 2.05) is 6.07 Å². The summed E-state index contributed by atoms with van der Waals surface area (Å²) in [5.41, 5.74) is 4.40. The summed E-state index contributed by atoms with van der Waals surface area (Å²) in [4.78, 5) is 31.6. The van der Waals surface area contributed by atoms with Crippen LogP contribution in [0.15, 0.2) is 71.1 Å². The first kappa shape index (κ1) is 22.9. The third kappa shape index (κ3) is 4.21. The second-order valence-electron chi connectivity index (χ2n) is 8.99. The van der Waals surface area contributed by atoms with Gasteiger partial charge in [-0.05, 0) is 43.0 Å². The number of fused-ring (bicyclic) bond motifs is 4. The molecule has 5 nitrogen and oxygen atoms in total. The molecule has 0 radical (unpaired) electrons. The van der Waals surface area contributed by atoms with Crippen LogP contribution < -0.4 is 10.9 Å². The Labute approximate surface area is 208 Å². The minimum Gasteiger partial charge on any atom is -0.325 e. The summed E-state index contributed by atoms with van der Waals surface area (Å²) in [7, 11) is 0. The normalized spacial score (nSPS) is 15.6. The number of halogens is 1. The summed E-state index contributed by atoms with van der Waals surface area (Å²) in [6.45, 7) is 4.20. The second kappa shape index (κ2) is 9.43. The Morgan fingerprint density at radius 2 is 2.00 bits per heavy atom. The maximum absolute atomic E-state index is 13.9. The van der Waals surface area contributed by atoms with Crippen LogP contribution in [-0.4, -0.2) is 21.2 Å². The van der Waals surface area contributed by atoms with Gasteiger partial charge in [-0.25, -0.2) is 4.98 Å². The molecule has 2 aliphatic carbocycles. The number of rotatable bonds is 6. The van der Waals surface area contributed by atoms with Crippen LogP contribution in [0, 0.1) is 0 Å². The van der Waals surface area contributed by atoms with Gasteiger partial charge in [0.2, 0.25) is 5.91 Å². The molecule has 0 atom stereocenters. The van der Waals surface area contributed by atoms with Crippen molar-refractivity contribution in [1.29, 1.82) is 0 Å². The van der Waals surface area contributed by atoms with Crippen LogP contribution in [0.3, 0.4) is 0 Å². The van der Waals surface area contributed by atoms with Crippen LogP contribution in [0.2, 0.25) is 5.02 Å². The van der Waals surface area contributed by atoms with Crippen LogP contribution >= 0.6 is 23.4 Å². The molecule has 1 amide bonds. The maximum Gasteiger partial charge on any atom is 0.258 e. The van der Waals surface area contributed by atoms with Gasteiger partial charge < -0.3 is 5.32 Å². The molecule has 1 N–H and O–H groups in total. The van der Waals surface area contributed by atoms with Crippen molar-refractivity contribution in [2.75, 3.05) is 11.1 Å². The first-order chi connectivity index (χ1) is 16.5. The SMILES string of the molecule is C=CCn1c(SCC(=O)Nc2cccc(Cl)c2)nc2c(c1=O)C1(CCCC1)Cc1ccccc1-2. The first-order valence-electron chi connectivity index (χ1n) is 11.5. The summed E-state index contributed by atoms with van der Waals surface area (Å²) < 4.78 is 1.68. The molecule has 7 heteroatoms. The van der Waals surface area contributed by atoms with E-state index in [0.717, 1.165) is 48.9 Å². The predicted octanol–water partition coefficient (Wildman–Crippen LogP) is 5.85. The smallest absolute Gasteiger partial charge is 0.258 e. The molecule has 0 aliphatic heterocycles. The Bertz CT molecular complexity index is 1330. The minimum atomic E-state index is -0.183. The predicted molar refractivity (Wildman–Crippen MR) is 139 cm³/mol. The summed E-state index contributed by atoms with van der Waals surface area (Å²) in [5.74, 6) is -0.0566. The number of anilines is 1. The van der Waals surface area contributed by atoms with E-state index < -0.39 is 0 Å². The van der Waals surface area contributed by atoms with Gasteiger partial charge in [0.25, 0.3) is 5.56 Å². The molecule has 1 aromatic heterocycles. The number of thioether (sulfide) groups is 1. The highest BCUT2D eigenvalue weighted by atomic mass is 35.5. The van der Waals surface area contributed by atoms with Gasteiger partial charge in [-0.1, -0.05) is 72.6 Å². The zero-order chi connectivity index (χ0) is 23.7. The molecule has 5 rings (SSSR count). The van der Waals surface area contributed by atoms with Gasteiger partial charge in [-0.2, -0.15) is 0 Å². The number of aromatic nitrogens is 2. The van der Waals surface area contributed by atoms with Gasteiger partial charge in [0.05, 0.1) is 17.0 Å². The average Bonchev–Trinajstić information content (AvgIpc) is 3.28. The highest BCUT2D eigenvalue weighted by Crippen LogP contribution is 2.49. The molecule has 0 bridgehead atoms. The van der Waals surface area contributed by atoms with Gasteiger partial charge in [-0.15, -0.1) is 6.58 Å². The van der Waals surface area contributed by atoms with E-state index in [0.29, 0.717) is 22.4 Å². The number of benzene rings is 2. The highest BCUT2D eigenvalue weighted by Gasteiger charge is 2.44. The van der Waals surface area contributed by atoms with Gasteiger partial charge in [0, 0.05) is 28.2 Å². The molecule has 0 unspecified atom stereocenters. The van der Waals surface area contributed by atoms with Crippen molar-refractivity contribution in [3.05, 3.63) is 87.7 Å². The molecule has 174 valence electrons. The van der Waals surface area contributed by atoms with E-state index in [1.54, 1.807) is 34.9 Å². The number of nitrogens with zero attached hydrogens (tertiary/aromatic N) is 2. The van der Waals surface area contributed by atoms with Crippen molar-refractivity contribution < 1.29 is 4.79 Å². The number of amides is 1. The van der Waals surface area contributed by atoms with Crippen LogP contribution in [0.25, 0.3) is 11.3 Å². The van der Waals surface area contributed by atoms with E-state index in [1.165, 1.54) is 17.3 Å². The number of hydrogen-bond acceptors (Lipinski definition) is 4. The Hall–Kier alpha value is -2.83. The molecule has 2 aliphatic rings. The molecule has 1 fully saturated rings. The fourth-order valence-electron chi connectivity index (χ4n) is 5.34. The van der Waals surface area contributed by atoms with Gasteiger partial charge in [0.1, 0.15) is 0 Å². The fourth-order valence-corrected chi connectivity index (χ4v) is 6.33. The molecule has 34 heavy (non-hydrogen) atoms. The lowest BCUT2D eigenvalue weighted by molar-refractivity contribution is -0.113. The Balaban J connectivity index is 1.52. The first-order valence-corrected chi connectivity index (χ1v) is 12.9. The quantitative estimate of drug-likeness (QED) is 0.267. The minimum absolute atomic E-state index is 0.000877. The van der Waals surface area contributed by atoms with Crippen molar-refractivity contribution in [1.82, 2.24) is 9.55 Å². The standard InChI is InChI=1S/C27H26ClN3O2S/c1-2-14-31-25(33)23-24(21-11-4-3-8-18(21)16-27(23)12-5-6-13-27)30-26(31)34-17-22(32)29-20-10-7-9-19(28)15-20/h2-4,7-11,15H,1,5-6,12-14,16-17H2,(H,29,32). The molecule has 1 heterocycles. The van der Waals surface area contributed by atoms with E-state index in [9.17, 15) is 9.59 Å². The zero-order valence-corrected chi connectivity index (χ0v) is 20.4. The fraction of sp³-hybridized carbons (Fsp3) is 0.296. The summed E-state index contributed by atoms with van der Waals surface area (Å²) in [6.07, 6.45) is 6.87. The molecular formula is C27H26ClN3O2S.